The molecule has 0 aliphatic carbocycles. The Morgan fingerprint density at radius 1 is 1.17 bits per heavy atom. The molecule has 0 saturated heterocycles. The molecule has 64 valence electrons. The Labute approximate surface area is 80.8 Å². The minimum absolute atomic E-state index is 0.501. The lowest BCUT2D eigenvalue weighted by Gasteiger charge is -2.04. The highest BCUT2D eigenvalue weighted by atomic mass is 35.6. The van der Waals surface area contributed by atoms with Gasteiger partial charge in [0.2, 0.25) is 0 Å². The van der Waals surface area contributed by atoms with Crippen LogP contribution < -0.4 is 0 Å². The molecule has 0 aliphatic heterocycles. The molecule has 0 amide bonds. The summed E-state index contributed by atoms with van der Waals surface area (Å²) >= 11 is 5.88. The third-order valence-electron chi connectivity index (χ3n) is 2.05. The number of hydrogen-bond acceptors (Lipinski definition) is 0. The SMILES string of the molecule is CC([SiH2]Cl)=C(C)c1ccccc1. The Bertz CT molecular complexity index is 277. The summed E-state index contributed by atoms with van der Waals surface area (Å²) < 4.78 is 0. The van der Waals surface area contributed by atoms with Crippen molar-refractivity contribution < 1.29 is 0 Å². The maximum Gasteiger partial charge on any atom is 0.151 e. The van der Waals surface area contributed by atoms with Gasteiger partial charge in [-0.05, 0) is 25.0 Å². The van der Waals surface area contributed by atoms with Gasteiger partial charge in [0, 0.05) is 0 Å². The van der Waals surface area contributed by atoms with Crippen LogP contribution in [0.2, 0.25) is 0 Å². The fraction of sp³-hybridized carbons (Fsp3) is 0.200. The largest absolute Gasteiger partial charge is 0.170 e. The molecule has 1 aromatic rings. The van der Waals surface area contributed by atoms with E-state index in [1.54, 1.807) is 0 Å². The average molecular weight is 197 g/mol. The number of hydrogen-bond donors (Lipinski definition) is 0. The van der Waals surface area contributed by atoms with Gasteiger partial charge in [0.05, 0.1) is 0 Å². The highest BCUT2D eigenvalue weighted by molar-refractivity contribution is 6.98. The van der Waals surface area contributed by atoms with Crippen molar-refractivity contribution >= 4 is 25.5 Å². The van der Waals surface area contributed by atoms with Crippen LogP contribution in [0, 0.1) is 0 Å². The van der Waals surface area contributed by atoms with Crippen LogP contribution in [-0.2, 0) is 0 Å². The minimum atomic E-state index is -0.501. The van der Waals surface area contributed by atoms with E-state index in [2.05, 4.69) is 38.1 Å². The van der Waals surface area contributed by atoms with Crippen molar-refractivity contribution in [3.8, 4) is 0 Å². The van der Waals surface area contributed by atoms with Gasteiger partial charge in [0.15, 0.2) is 8.83 Å². The molecule has 0 saturated carbocycles. The fourth-order valence-corrected chi connectivity index (χ4v) is 2.04. The zero-order chi connectivity index (χ0) is 8.97. The maximum atomic E-state index is 5.88. The smallest absolute Gasteiger partial charge is 0.151 e. The zero-order valence-electron chi connectivity index (χ0n) is 7.47. The summed E-state index contributed by atoms with van der Waals surface area (Å²) in [5.74, 6) is 0. The number of benzene rings is 1. The monoisotopic (exact) mass is 196 g/mol. The van der Waals surface area contributed by atoms with Crippen molar-refractivity contribution in [2.24, 2.45) is 0 Å². The van der Waals surface area contributed by atoms with Gasteiger partial charge in [-0.25, -0.2) is 0 Å². The first kappa shape index (κ1) is 9.55. The highest BCUT2D eigenvalue weighted by Crippen LogP contribution is 2.16. The Kier molecular flexibility index (Phi) is 3.57. The van der Waals surface area contributed by atoms with Crippen LogP contribution in [0.3, 0.4) is 0 Å². The van der Waals surface area contributed by atoms with Crippen molar-refractivity contribution in [3.63, 3.8) is 0 Å². The van der Waals surface area contributed by atoms with Crippen LogP contribution in [0.4, 0.5) is 0 Å². The molecular formula is C10H13ClSi. The van der Waals surface area contributed by atoms with Gasteiger partial charge in [0.25, 0.3) is 0 Å². The molecule has 0 unspecified atom stereocenters. The average Bonchev–Trinajstić information content (AvgIpc) is 2.17. The predicted molar refractivity (Wildman–Crippen MR) is 59.1 cm³/mol. The van der Waals surface area contributed by atoms with E-state index in [0.717, 1.165) is 0 Å². The van der Waals surface area contributed by atoms with Crippen molar-refractivity contribution in [2.45, 2.75) is 13.8 Å². The molecule has 0 radical (unpaired) electrons. The minimum Gasteiger partial charge on any atom is -0.170 e. The van der Waals surface area contributed by atoms with E-state index >= 15 is 0 Å². The van der Waals surface area contributed by atoms with Crippen LogP contribution in [0.15, 0.2) is 35.5 Å². The highest BCUT2D eigenvalue weighted by Gasteiger charge is 1.97. The topological polar surface area (TPSA) is 0 Å². The first-order valence-electron chi connectivity index (χ1n) is 4.03. The molecule has 0 atom stereocenters. The van der Waals surface area contributed by atoms with E-state index in [1.165, 1.54) is 16.3 Å². The molecular weight excluding hydrogens is 184 g/mol. The molecule has 0 fully saturated rings. The first-order valence-corrected chi connectivity index (χ1v) is 6.88. The van der Waals surface area contributed by atoms with Crippen molar-refractivity contribution in [1.29, 1.82) is 0 Å². The molecule has 0 nitrogen and oxygen atoms in total. The van der Waals surface area contributed by atoms with Gasteiger partial charge in [-0.15, -0.1) is 0 Å². The first-order chi connectivity index (χ1) is 5.75. The van der Waals surface area contributed by atoms with E-state index in [9.17, 15) is 0 Å². The lowest BCUT2D eigenvalue weighted by atomic mass is 10.1. The van der Waals surface area contributed by atoms with Gasteiger partial charge in [-0.2, -0.15) is 11.1 Å². The molecule has 0 heterocycles. The van der Waals surface area contributed by atoms with E-state index < -0.39 is 8.83 Å². The number of allylic oxidation sites excluding steroid dienone is 2. The molecule has 2 heteroatoms. The molecule has 0 aliphatic rings. The van der Waals surface area contributed by atoms with Gasteiger partial charge in [0.1, 0.15) is 0 Å². The van der Waals surface area contributed by atoms with Gasteiger partial charge >= 0.3 is 0 Å². The molecule has 0 N–H and O–H groups in total. The predicted octanol–water partition coefficient (Wildman–Crippen LogP) is 2.76. The number of rotatable bonds is 2. The molecule has 0 aromatic heterocycles. The molecule has 1 aromatic carbocycles. The van der Waals surface area contributed by atoms with Crippen LogP contribution in [0.5, 0.6) is 0 Å². The summed E-state index contributed by atoms with van der Waals surface area (Å²) in [6, 6.07) is 10.4. The third-order valence-corrected chi connectivity index (χ3v) is 4.18. The Balaban J connectivity index is 3.00. The molecule has 1 rings (SSSR count). The fourth-order valence-electron chi connectivity index (χ4n) is 1.03. The van der Waals surface area contributed by atoms with Crippen LogP contribution in [0.25, 0.3) is 5.57 Å². The summed E-state index contributed by atoms with van der Waals surface area (Å²) in [5, 5.41) is 1.38. The summed E-state index contributed by atoms with van der Waals surface area (Å²) in [4.78, 5) is 0. The van der Waals surface area contributed by atoms with Crippen LogP contribution >= 0.6 is 11.1 Å². The van der Waals surface area contributed by atoms with E-state index in [-0.39, 0.29) is 0 Å². The Morgan fingerprint density at radius 2 is 1.75 bits per heavy atom. The third kappa shape index (κ3) is 2.22. The molecule has 0 bridgehead atoms. The second-order valence-electron chi connectivity index (χ2n) is 2.90. The number of halogens is 1. The molecule has 12 heavy (non-hydrogen) atoms. The second kappa shape index (κ2) is 4.48. The van der Waals surface area contributed by atoms with Crippen LogP contribution in [0.1, 0.15) is 19.4 Å². The van der Waals surface area contributed by atoms with Crippen molar-refractivity contribution in [2.75, 3.05) is 0 Å². The maximum absolute atomic E-state index is 5.88. The van der Waals surface area contributed by atoms with Crippen molar-refractivity contribution in [1.82, 2.24) is 0 Å². The van der Waals surface area contributed by atoms with Crippen molar-refractivity contribution in [3.05, 3.63) is 41.1 Å². The van der Waals surface area contributed by atoms with Gasteiger partial charge < -0.3 is 0 Å². The summed E-state index contributed by atoms with van der Waals surface area (Å²) in [5.41, 5.74) is 2.64. The standard InChI is InChI=1S/C10H13ClSi/c1-8(9(2)12-11)10-6-4-3-5-7-10/h3-7H,12H2,1-2H3. The molecule has 0 spiro atoms. The second-order valence-corrected chi connectivity index (χ2v) is 5.03. The lowest BCUT2D eigenvalue weighted by Crippen LogP contribution is -1.88. The normalized spacial score (nSPS) is 13.6. The Hall–Kier alpha value is -0.533. The van der Waals surface area contributed by atoms with E-state index in [4.69, 9.17) is 11.1 Å². The van der Waals surface area contributed by atoms with Crippen LogP contribution in [-0.4, -0.2) is 8.83 Å². The van der Waals surface area contributed by atoms with Gasteiger partial charge in [-0.1, -0.05) is 35.5 Å². The quantitative estimate of drug-likeness (QED) is 0.504. The van der Waals surface area contributed by atoms with E-state index in [1.807, 2.05) is 6.07 Å². The summed E-state index contributed by atoms with van der Waals surface area (Å²) in [7, 11) is -0.501. The lowest BCUT2D eigenvalue weighted by molar-refractivity contribution is 1.52. The summed E-state index contributed by atoms with van der Waals surface area (Å²) in [6.07, 6.45) is 0. The Morgan fingerprint density at radius 3 is 2.25 bits per heavy atom. The van der Waals surface area contributed by atoms with E-state index in [0.29, 0.717) is 0 Å². The van der Waals surface area contributed by atoms with Gasteiger partial charge in [-0.3, -0.25) is 0 Å². The summed E-state index contributed by atoms with van der Waals surface area (Å²) in [6.45, 7) is 4.27. The zero-order valence-corrected chi connectivity index (χ0v) is 9.64.